The highest BCUT2D eigenvalue weighted by atomic mass is 15.1. The smallest absolute Gasteiger partial charge is 0.160 e. The number of hydrogen-bond donors (Lipinski definition) is 0. The molecule has 0 amide bonds. The van der Waals surface area contributed by atoms with E-state index in [9.17, 15) is 0 Å². The molecule has 2 heterocycles. The molecule has 13 rings (SSSR count). The lowest BCUT2D eigenvalue weighted by Gasteiger charge is -2.26. The summed E-state index contributed by atoms with van der Waals surface area (Å²) < 4.78 is 2.45. The van der Waals surface area contributed by atoms with E-state index in [2.05, 4.69) is 314 Å². The Morgan fingerprint density at radius 3 is 1.03 bits per heavy atom. The Bertz CT molecular complexity index is 3950. The van der Waals surface area contributed by atoms with Crippen molar-refractivity contribution in [1.82, 2.24) is 14.5 Å². The van der Waals surface area contributed by atoms with Crippen LogP contribution < -0.4 is 9.80 Å². The maximum absolute atomic E-state index is 5.10. The first-order valence-electron chi connectivity index (χ1n) is 26.6. The van der Waals surface area contributed by atoms with Crippen molar-refractivity contribution in [2.75, 3.05) is 9.80 Å². The van der Waals surface area contributed by atoms with Crippen LogP contribution in [0.1, 0.15) is 16.7 Å². The SMILES string of the molecule is Cc1ccc(-c2cc(-c3ccc(-c4ccc(-c5ccc(-n6c7ccc(N(c8ccccc8)c8ccccc8)cc7c7cc(N(c8ccccc8)c8ccccc8)ccc76)c(C)c5)cc4)cc3)nc(-c3ccc(C)cc3)n2)cc1. The van der Waals surface area contributed by atoms with Crippen molar-refractivity contribution in [3.8, 4) is 61.8 Å². The van der Waals surface area contributed by atoms with Crippen LogP contribution in [0, 0.1) is 20.8 Å². The number of aryl methyl sites for hydroxylation is 3. The summed E-state index contributed by atoms with van der Waals surface area (Å²) in [6, 6.07) is 100. The van der Waals surface area contributed by atoms with Crippen molar-refractivity contribution in [2.45, 2.75) is 20.8 Å². The fourth-order valence-corrected chi connectivity index (χ4v) is 10.8. The number of anilines is 6. The molecule has 0 unspecified atom stereocenters. The van der Waals surface area contributed by atoms with Gasteiger partial charge in [-0.3, -0.25) is 0 Å². The van der Waals surface area contributed by atoms with E-state index in [-0.39, 0.29) is 0 Å². The van der Waals surface area contributed by atoms with Crippen LogP contribution in [-0.4, -0.2) is 14.5 Å². The number of rotatable bonds is 12. The normalized spacial score (nSPS) is 11.3. The van der Waals surface area contributed by atoms with E-state index < -0.39 is 0 Å². The predicted molar refractivity (Wildman–Crippen MR) is 327 cm³/mol. The second-order valence-electron chi connectivity index (χ2n) is 20.1. The summed E-state index contributed by atoms with van der Waals surface area (Å²) in [6.45, 7) is 6.44. The third-order valence-corrected chi connectivity index (χ3v) is 14.9. The van der Waals surface area contributed by atoms with E-state index in [1.54, 1.807) is 0 Å². The fraction of sp³-hybridized carbons (Fsp3) is 0.0411. The average Bonchev–Trinajstić information content (AvgIpc) is 4.03. The predicted octanol–water partition coefficient (Wildman–Crippen LogP) is 19.8. The van der Waals surface area contributed by atoms with Crippen molar-refractivity contribution in [1.29, 1.82) is 0 Å². The van der Waals surface area contributed by atoms with Gasteiger partial charge in [0.2, 0.25) is 0 Å². The maximum atomic E-state index is 5.10. The van der Waals surface area contributed by atoms with Crippen LogP contribution >= 0.6 is 0 Å². The highest BCUT2D eigenvalue weighted by molar-refractivity contribution is 6.12. The third kappa shape index (κ3) is 9.29. The van der Waals surface area contributed by atoms with E-state index in [0.717, 1.165) is 90.1 Å². The van der Waals surface area contributed by atoms with Crippen molar-refractivity contribution in [3.63, 3.8) is 0 Å². The molecule has 0 radical (unpaired) electrons. The second kappa shape index (κ2) is 20.6. The molecule has 5 heteroatoms. The summed E-state index contributed by atoms with van der Waals surface area (Å²) in [4.78, 5) is 14.8. The number of nitrogens with zero attached hydrogens (tertiary/aromatic N) is 5. The zero-order valence-electron chi connectivity index (χ0n) is 43.8. The Balaban J connectivity index is 0.853. The van der Waals surface area contributed by atoms with E-state index in [1.165, 1.54) is 38.6 Å². The minimum Gasteiger partial charge on any atom is -0.310 e. The molecule has 2 aromatic heterocycles. The zero-order chi connectivity index (χ0) is 52.5. The molecule has 0 atom stereocenters. The van der Waals surface area contributed by atoms with Crippen molar-refractivity contribution in [3.05, 3.63) is 296 Å². The molecule has 0 N–H and O–H groups in total. The van der Waals surface area contributed by atoms with Crippen LogP contribution in [0.5, 0.6) is 0 Å². The van der Waals surface area contributed by atoms with Crippen LogP contribution in [0.15, 0.2) is 279 Å². The van der Waals surface area contributed by atoms with Crippen LogP contribution in [0.3, 0.4) is 0 Å². The summed E-state index contributed by atoms with van der Waals surface area (Å²) in [6.07, 6.45) is 0. The Morgan fingerprint density at radius 2 is 0.628 bits per heavy atom. The highest BCUT2D eigenvalue weighted by Crippen LogP contribution is 2.44. The van der Waals surface area contributed by atoms with Gasteiger partial charge in [-0.15, -0.1) is 0 Å². The minimum absolute atomic E-state index is 0.716. The molecule has 0 aliphatic heterocycles. The lowest BCUT2D eigenvalue weighted by atomic mass is 9.97. The number of para-hydroxylation sites is 4. The molecule has 0 saturated heterocycles. The lowest BCUT2D eigenvalue weighted by Crippen LogP contribution is -2.09. The van der Waals surface area contributed by atoms with Gasteiger partial charge in [0.25, 0.3) is 0 Å². The van der Waals surface area contributed by atoms with E-state index in [4.69, 9.17) is 9.97 Å². The van der Waals surface area contributed by atoms with Gasteiger partial charge in [-0.1, -0.05) is 187 Å². The molecule has 78 heavy (non-hydrogen) atoms. The standard InChI is InChI=1S/C73H55N5/c1-50-24-28-56(29-25-50)68-49-69(75-73(74-68)58-30-26-51(2)27-31-58)57-38-36-54(37-39-57)53-32-34-55(35-33-53)59-40-43-70(52(3)46-59)78-71-44-41-64(76(60-16-8-4-9-17-60)61-18-10-5-11-19-61)47-66(71)67-48-65(42-45-72(67)78)77(62-20-12-6-13-21-62)63-22-14-7-15-23-63/h4-49H,1-3H3. The number of hydrogen-bond acceptors (Lipinski definition) is 4. The van der Waals surface area contributed by atoms with Gasteiger partial charge < -0.3 is 14.4 Å². The van der Waals surface area contributed by atoms with Gasteiger partial charge in [0.15, 0.2) is 5.82 Å². The van der Waals surface area contributed by atoms with E-state index >= 15 is 0 Å². The zero-order valence-corrected chi connectivity index (χ0v) is 43.8. The first kappa shape index (κ1) is 47.6. The van der Waals surface area contributed by atoms with Gasteiger partial charge in [-0.05, 0) is 152 Å². The molecule has 0 saturated carbocycles. The molecule has 0 spiro atoms. The highest BCUT2D eigenvalue weighted by Gasteiger charge is 2.21. The van der Waals surface area contributed by atoms with E-state index in [0.29, 0.717) is 5.82 Å². The number of aromatic nitrogens is 3. The molecular weight excluding hydrogens is 947 g/mol. The number of benzene rings is 11. The molecular formula is C73H55N5. The van der Waals surface area contributed by atoms with Gasteiger partial charge in [-0.2, -0.15) is 0 Å². The fourth-order valence-electron chi connectivity index (χ4n) is 10.8. The summed E-state index contributed by atoms with van der Waals surface area (Å²) in [5, 5.41) is 2.34. The van der Waals surface area contributed by atoms with Crippen LogP contribution in [0.25, 0.3) is 83.6 Å². The summed E-state index contributed by atoms with van der Waals surface area (Å²) in [5.74, 6) is 0.716. The molecule has 0 aliphatic carbocycles. The van der Waals surface area contributed by atoms with Crippen molar-refractivity contribution in [2.24, 2.45) is 0 Å². The Kier molecular flexibility index (Phi) is 12.5. The van der Waals surface area contributed by atoms with Crippen LogP contribution in [0.4, 0.5) is 34.1 Å². The molecule has 5 nitrogen and oxygen atoms in total. The third-order valence-electron chi connectivity index (χ3n) is 14.9. The summed E-state index contributed by atoms with van der Waals surface area (Å²) in [7, 11) is 0. The molecule has 0 bridgehead atoms. The van der Waals surface area contributed by atoms with Crippen LogP contribution in [-0.2, 0) is 0 Å². The van der Waals surface area contributed by atoms with Gasteiger partial charge in [0, 0.05) is 67.3 Å². The van der Waals surface area contributed by atoms with Crippen molar-refractivity contribution < 1.29 is 0 Å². The Labute approximate surface area is 456 Å². The Morgan fingerprint density at radius 1 is 0.282 bits per heavy atom. The van der Waals surface area contributed by atoms with Gasteiger partial charge in [0.1, 0.15) is 0 Å². The monoisotopic (exact) mass is 1000 g/mol. The van der Waals surface area contributed by atoms with E-state index in [1.807, 2.05) is 0 Å². The molecule has 11 aromatic carbocycles. The molecule has 13 aromatic rings. The van der Waals surface area contributed by atoms with Crippen molar-refractivity contribution >= 4 is 55.9 Å². The first-order valence-corrected chi connectivity index (χ1v) is 26.6. The molecule has 0 aliphatic rings. The summed E-state index contributed by atoms with van der Waals surface area (Å²) in [5.41, 5.74) is 23.1. The minimum atomic E-state index is 0.716. The second-order valence-corrected chi connectivity index (χ2v) is 20.1. The summed E-state index contributed by atoms with van der Waals surface area (Å²) >= 11 is 0. The number of fused-ring (bicyclic) bond motifs is 3. The molecule has 0 fully saturated rings. The maximum Gasteiger partial charge on any atom is 0.160 e. The average molecular weight is 1000 g/mol. The Hall–Kier alpha value is -10.1. The molecule has 372 valence electrons. The quantitative estimate of drug-likeness (QED) is 0.122. The largest absolute Gasteiger partial charge is 0.310 e. The van der Waals surface area contributed by atoms with Gasteiger partial charge in [0.05, 0.1) is 22.4 Å². The first-order chi connectivity index (χ1) is 38.4. The topological polar surface area (TPSA) is 37.2 Å². The van der Waals surface area contributed by atoms with Gasteiger partial charge >= 0.3 is 0 Å². The lowest BCUT2D eigenvalue weighted by molar-refractivity contribution is 1.15. The van der Waals surface area contributed by atoms with Crippen LogP contribution in [0.2, 0.25) is 0 Å². The van der Waals surface area contributed by atoms with Gasteiger partial charge in [-0.25, -0.2) is 9.97 Å².